The van der Waals surface area contributed by atoms with Crippen molar-refractivity contribution in [1.82, 2.24) is 15.5 Å². The van der Waals surface area contributed by atoms with Crippen LogP contribution >= 0.6 is 0 Å². The fraction of sp³-hybridized carbons (Fsp3) is 0.467. The van der Waals surface area contributed by atoms with Gasteiger partial charge >= 0.3 is 0 Å². The quantitative estimate of drug-likeness (QED) is 0.878. The van der Waals surface area contributed by atoms with Crippen LogP contribution in [0.4, 0.5) is 0 Å². The molecule has 0 saturated heterocycles. The van der Waals surface area contributed by atoms with Crippen molar-refractivity contribution >= 4 is 0 Å². The zero-order valence-corrected chi connectivity index (χ0v) is 12.4. The molecule has 0 saturated carbocycles. The van der Waals surface area contributed by atoms with Gasteiger partial charge in [0.25, 0.3) is 0 Å². The third-order valence-corrected chi connectivity index (χ3v) is 3.25. The summed E-state index contributed by atoms with van der Waals surface area (Å²) < 4.78 is 11.2. The van der Waals surface area contributed by atoms with Crippen molar-refractivity contribution < 1.29 is 9.15 Å². The molecule has 20 heavy (non-hydrogen) atoms. The number of ether oxygens (including phenoxy) is 1. The molecule has 2 aromatic rings. The largest absolute Gasteiger partial charge is 0.420 e. The number of rotatable bonds is 6. The Bertz CT molecular complexity index is 537. The Morgan fingerprint density at radius 3 is 2.55 bits per heavy atom. The zero-order chi connectivity index (χ0) is 14.6. The lowest BCUT2D eigenvalue weighted by molar-refractivity contribution is -0.00476. The molecule has 108 valence electrons. The summed E-state index contributed by atoms with van der Waals surface area (Å²) >= 11 is 0. The summed E-state index contributed by atoms with van der Waals surface area (Å²) in [4.78, 5) is 0. The van der Waals surface area contributed by atoms with Crippen LogP contribution in [0.15, 0.2) is 34.7 Å². The minimum Gasteiger partial charge on any atom is -0.420 e. The number of hydrogen-bond acceptors (Lipinski definition) is 5. The van der Waals surface area contributed by atoms with Crippen LogP contribution < -0.4 is 5.32 Å². The predicted molar refractivity (Wildman–Crippen MR) is 76.3 cm³/mol. The molecule has 5 nitrogen and oxygen atoms in total. The molecule has 1 atom stereocenters. The predicted octanol–water partition coefficient (Wildman–Crippen LogP) is 2.65. The van der Waals surface area contributed by atoms with Crippen LogP contribution in [-0.2, 0) is 10.3 Å². The highest BCUT2D eigenvalue weighted by atomic mass is 16.5. The first-order valence-corrected chi connectivity index (χ1v) is 6.76. The molecule has 0 bridgehead atoms. The fourth-order valence-electron chi connectivity index (χ4n) is 1.88. The summed E-state index contributed by atoms with van der Waals surface area (Å²) in [5.41, 5.74) is 0.512. The van der Waals surface area contributed by atoms with E-state index in [1.807, 2.05) is 51.1 Å². The average Bonchev–Trinajstić information content (AvgIpc) is 2.96. The number of aromatic nitrogens is 2. The standard InChI is InChI=1S/C15H21N3O2/c1-5-16-12(11-9-7-6-8-10-11)13-17-18-14(20-13)15(2,3)19-4/h6-10,12,16H,5H2,1-4H3. The van der Waals surface area contributed by atoms with E-state index in [0.29, 0.717) is 11.8 Å². The Hall–Kier alpha value is -1.72. The lowest BCUT2D eigenvalue weighted by atomic mass is 10.1. The van der Waals surface area contributed by atoms with E-state index in [1.165, 1.54) is 0 Å². The van der Waals surface area contributed by atoms with Gasteiger partial charge in [-0.25, -0.2) is 0 Å². The molecule has 2 rings (SSSR count). The zero-order valence-electron chi connectivity index (χ0n) is 12.4. The van der Waals surface area contributed by atoms with Crippen LogP contribution in [0.1, 0.15) is 44.2 Å². The van der Waals surface area contributed by atoms with E-state index >= 15 is 0 Å². The topological polar surface area (TPSA) is 60.2 Å². The molecule has 0 fully saturated rings. The van der Waals surface area contributed by atoms with Crippen molar-refractivity contribution in [2.75, 3.05) is 13.7 Å². The van der Waals surface area contributed by atoms with Crippen molar-refractivity contribution in [1.29, 1.82) is 0 Å². The minimum atomic E-state index is -0.585. The van der Waals surface area contributed by atoms with Crippen molar-refractivity contribution in [3.8, 4) is 0 Å². The van der Waals surface area contributed by atoms with Crippen LogP contribution in [0.3, 0.4) is 0 Å². The Kier molecular flexibility index (Phi) is 4.52. The molecule has 1 unspecified atom stereocenters. The van der Waals surface area contributed by atoms with Gasteiger partial charge in [-0.05, 0) is 26.0 Å². The third kappa shape index (κ3) is 3.05. The SMILES string of the molecule is CCNC(c1ccccc1)c1nnc(C(C)(C)OC)o1. The van der Waals surface area contributed by atoms with Crippen molar-refractivity contribution in [2.45, 2.75) is 32.4 Å². The van der Waals surface area contributed by atoms with Gasteiger partial charge in [-0.2, -0.15) is 0 Å². The first-order chi connectivity index (χ1) is 9.58. The number of methoxy groups -OCH3 is 1. The van der Waals surface area contributed by atoms with Gasteiger partial charge in [0.2, 0.25) is 11.8 Å². The minimum absolute atomic E-state index is 0.102. The summed E-state index contributed by atoms with van der Waals surface area (Å²) in [6, 6.07) is 9.96. The van der Waals surface area contributed by atoms with Crippen LogP contribution in [0.5, 0.6) is 0 Å². The number of nitrogens with zero attached hydrogens (tertiary/aromatic N) is 2. The van der Waals surface area contributed by atoms with E-state index in [-0.39, 0.29) is 6.04 Å². The van der Waals surface area contributed by atoms with Gasteiger partial charge in [0.15, 0.2) is 0 Å². The molecule has 5 heteroatoms. The van der Waals surface area contributed by atoms with Gasteiger partial charge in [-0.1, -0.05) is 37.3 Å². The molecule has 1 aromatic carbocycles. The second-order valence-electron chi connectivity index (χ2n) is 5.06. The highest BCUT2D eigenvalue weighted by Crippen LogP contribution is 2.26. The second-order valence-corrected chi connectivity index (χ2v) is 5.06. The smallest absolute Gasteiger partial charge is 0.247 e. The monoisotopic (exact) mass is 275 g/mol. The first-order valence-electron chi connectivity index (χ1n) is 6.76. The fourth-order valence-corrected chi connectivity index (χ4v) is 1.88. The molecule has 0 aliphatic carbocycles. The molecular formula is C15H21N3O2. The normalized spacial score (nSPS) is 13.4. The lowest BCUT2D eigenvalue weighted by Crippen LogP contribution is -2.22. The van der Waals surface area contributed by atoms with Gasteiger partial charge in [0.1, 0.15) is 11.6 Å². The summed E-state index contributed by atoms with van der Waals surface area (Å²) in [5, 5.41) is 11.6. The molecule has 1 N–H and O–H groups in total. The van der Waals surface area contributed by atoms with Crippen molar-refractivity contribution in [3.63, 3.8) is 0 Å². The van der Waals surface area contributed by atoms with E-state index in [1.54, 1.807) is 7.11 Å². The number of hydrogen-bond donors (Lipinski definition) is 1. The summed E-state index contributed by atoms with van der Waals surface area (Å²) in [6.07, 6.45) is 0. The maximum atomic E-state index is 5.80. The lowest BCUT2D eigenvalue weighted by Gasteiger charge is -2.18. The van der Waals surface area contributed by atoms with E-state index in [2.05, 4.69) is 15.5 Å². The summed E-state index contributed by atoms with van der Waals surface area (Å²) in [6.45, 7) is 6.65. The molecule has 1 heterocycles. The Morgan fingerprint density at radius 1 is 1.25 bits per heavy atom. The maximum Gasteiger partial charge on any atom is 0.247 e. The average molecular weight is 275 g/mol. The highest BCUT2D eigenvalue weighted by molar-refractivity contribution is 5.23. The molecule has 0 amide bonds. The van der Waals surface area contributed by atoms with Crippen molar-refractivity contribution in [2.24, 2.45) is 0 Å². The first kappa shape index (κ1) is 14.7. The van der Waals surface area contributed by atoms with Gasteiger partial charge in [0, 0.05) is 7.11 Å². The Balaban J connectivity index is 2.32. The van der Waals surface area contributed by atoms with Crippen LogP contribution in [0, 0.1) is 0 Å². The third-order valence-electron chi connectivity index (χ3n) is 3.25. The summed E-state index contributed by atoms with van der Waals surface area (Å²) in [5.74, 6) is 1.03. The second kappa shape index (κ2) is 6.15. The van der Waals surface area contributed by atoms with E-state index < -0.39 is 5.60 Å². The van der Waals surface area contributed by atoms with Gasteiger partial charge in [-0.3, -0.25) is 0 Å². The molecule has 0 spiro atoms. The molecule has 0 radical (unpaired) electrons. The highest BCUT2D eigenvalue weighted by Gasteiger charge is 2.29. The van der Waals surface area contributed by atoms with Gasteiger partial charge in [-0.15, -0.1) is 10.2 Å². The van der Waals surface area contributed by atoms with E-state index in [4.69, 9.17) is 9.15 Å². The van der Waals surface area contributed by atoms with E-state index in [9.17, 15) is 0 Å². The molecule has 0 aliphatic heterocycles. The number of benzene rings is 1. The number of nitrogens with one attached hydrogen (secondary N) is 1. The van der Waals surface area contributed by atoms with Gasteiger partial charge in [0.05, 0.1) is 0 Å². The molecule has 0 aliphatic rings. The van der Waals surface area contributed by atoms with Crippen LogP contribution in [0.2, 0.25) is 0 Å². The Labute approximate surface area is 119 Å². The van der Waals surface area contributed by atoms with Crippen molar-refractivity contribution in [3.05, 3.63) is 47.7 Å². The van der Waals surface area contributed by atoms with E-state index in [0.717, 1.165) is 12.1 Å². The van der Waals surface area contributed by atoms with Gasteiger partial charge < -0.3 is 14.5 Å². The maximum absolute atomic E-state index is 5.80. The molecule has 1 aromatic heterocycles. The molecular weight excluding hydrogens is 254 g/mol. The van der Waals surface area contributed by atoms with Crippen LogP contribution in [-0.4, -0.2) is 23.9 Å². The Morgan fingerprint density at radius 2 is 1.95 bits per heavy atom. The summed E-state index contributed by atoms with van der Waals surface area (Å²) in [7, 11) is 1.63. The van der Waals surface area contributed by atoms with Crippen LogP contribution in [0.25, 0.3) is 0 Å².